The number of nitrogens with two attached hydrogens (primary N) is 1. The lowest BCUT2D eigenvalue weighted by molar-refractivity contribution is 0.0599. The Balaban J connectivity index is 3.03. The zero-order chi connectivity index (χ0) is 12.1. The van der Waals surface area contributed by atoms with Gasteiger partial charge in [-0.1, -0.05) is 23.8 Å². The number of rotatable bonds is 4. The van der Waals surface area contributed by atoms with Gasteiger partial charge in [0.1, 0.15) is 0 Å². The quantitative estimate of drug-likeness (QED) is 0.625. The smallest absolute Gasteiger partial charge is 0.338 e. The molecule has 0 heterocycles. The predicted octanol–water partition coefficient (Wildman–Crippen LogP) is 2.44. The molecule has 3 nitrogen and oxygen atoms in total. The Hall–Kier alpha value is -1.61. The summed E-state index contributed by atoms with van der Waals surface area (Å²) in [6.45, 7) is 5.74. The highest BCUT2D eigenvalue weighted by atomic mass is 16.5. The number of methoxy groups -OCH3 is 1. The second-order valence-electron chi connectivity index (χ2n) is 3.85. The molecule has 0 aliphatic carbocycles. The normalized spacial score (nSPS) is 11.9. The van der Waals surface area contributed by atoms with Crippen molar-refractivity contribution in [1.82, 2.24) is 0 Å². The highest BCUT2D eigenvalue weighted by molar-refractivity contribution is 5.91. The Morgan fingerprint density at radius 2 is 2.12 bits per heavy atom. The van der Waals surface area contributed by atoms with Gasteiger partial charge in [0, 0.05) is 6.04 Å². The maximum absolute atomic E-state index is 11.5. The van der Waals surface area contributed by atoms with Crippen LogP contribution >= 0.6 is 0 Å². The predicted molar refractivity (Wildman–Crippen MR) is 64.1 cm³/mol. The average Bonchev–Trinajstić information content (AvgIpc) is 2.27. The summed E-state index contributed by atoms with van der Waals surface area (Å²) in [6, 6.07) is 7.01. The lowest BCUT2D eigenvalue weighted by Gasteiger charge is -2.15. The lowest BCUT2D eigenvalue weighted by Crippen LogP contribution is -2.15. The minimum Gasteiger partial charge on any atom is -0.465 e. The van der Waals surface area contributed by atoms with Gasteiger partial charge >= 0.3 is 5.97 Å². The SMILES string of the molecule is C=C(C)C[C@@H](N)c1ccccc1C(=O)OC. The van der Waals surface area contributed by atoms with Crippen LogP contribution in [0, 0.1) is 0 Å². The molecule has 0 spiro atoms. The molecule has 1 atom stereocenters. The summed E-state index contributed by atoms with van der Waals surface area (Å²) >= 11 is 0. The molecule has 0 fully saturated rings. The molecule has 1 aromatic rings. The largest absolute Gasteiger partial charge is 0.465 e. The molecule has 0 saturated heterocycles. The number of hydrogen-bond acceptors (Lipinski definition) is 3. The van der Waals surface area contributed by atoms with Crippen LogP contribution in [-0.4, -0.2) is 13.1 Å². The first kappa shape index (κ1) is 12.5. The van der Waals surface area contributed by atoms with Crippen LogP contribution in [0.5, 0.6) is 0 Å². The average molecular weight is 219 g/mol. The van der Waals surface area contributed by atoms with Crippen LogP contribution < -0.4 is 5.73 Å². The van der Waals surface area contributed by atoms with E-state index < -0.39 is 0 Å². The molecular formula is C13H17NO2. The number of benzene rings is 1. The van der Waals surface area contributed by atoms with E-state index in [4.69, 9.17) is 10.5 Å². The van der Waals surface area contributed by atoms with Crippen molar-refractivity contribution in [3.8, 4) is 0 Å². The van der Waals surface area contributed by atoms with E-state index in [2.05, 4.69) is 6.58 Å². The van der Waals surface area contributed by atoms with Gasteiger partial charge in [-0.05, 0) is 25.0 Å². The van der Waals surface area contributed by atoms with E-state index in [0.29, 0.717) is 12.0 Å². The van der Waals surface area contributed by atoms with E-state index in [1.807, 2.05) is 19.1 Å². The summed E-state index contributed by atoms with van der Waals surface area (Å²) in [5.74, 6) is -0.354. The number of carbonyl (C=O) groups excluding carboxylic acids is 1. The Labute approximate surface area is 95.9 Å². The Morgan fingerprint density at radius 1 is 1.50 bits per heavy atom. The molecule has 86 valence electrons. The van der Waals surface area contributed by atoms with Crippen molar-refractivity contribution in [2.45, 2.75) is 19.4 Å². The van der Waals surface area contributed by atoms with Crippen LogP contribution in [-0.2, 0) is 4.74 Å². The van der Waals surface area contributed by atoms with Gasteiger partial charge < -0.3 is 10.5 Å². The van der Waals surface area contributed by atoms with Gasteiger partial charge in [0.15, 0.2) is 0 Å². The maximum Gasteiger partial charge on any atom is 0.338 e. The van der Waals surface area contributed by atoms with Crippen molar-refractivity contribution in [1.29, 1.82) is 0 Å². The van der Waals surface area contributed by atoms with Crippen LogP contribution in [0.3, 0.4) is 0 Å². The minimum atomic E-state index is -0.354. The summed E-state index contributed by atoms with van der Waals surface area (Å²) in [7, 11) is 1.36. The topological polar surface area (TPSA) is 52.3 Å². The molecule has 1 rings (SSSR count). The van der Waals surface area contributed by atoms with Crippen LogP contribution in [0.1, 0.15) is 35.3 Å². The van der Waals surface area contributed by atoms with Crippen molar-refractivity contribution in [2.24, 2.45) is 5.73 Å². The van der Waals surface area contributed by atoms with Gasteiger partial charge in [-0.25, -0.2) is 4.79 Å². The first-order valence-electron chi connectivity index (χ1n) is 5.13. The number of ether oxygens (including phenoxy) is 1. The van der Waals surface area contributed by atoms with E-state index >= 15 is 0 Å². The van der Waals surface area contributed by atoms with Crippen molar-refractivity contribution in [2.75, 3.05) is 7.11 Å². The fourth-order valence-electron chi connectivity index (χ4n) is 1.60. The fraction of sp³-hybridized carbons (Fsp3) is 0.308. The second kappa shape index (κ2) is 5.47. The molecule has 0 bridgehead atoms. The van der Waals surface area contributed by atoms with Gasteiger partial charge in [0.25, 0.3) is 0 Å². The molecule has 0 unspecified atom stereocenters. The number of esters is 1. The van der Waals surface area contributed by atoms with Gasteiger partial charge in [-0.3, -0.25) is 0 Å². The van der Waals surface area contributed by atoms with E-state index in [0.717, 1.165) is 11.1 Å². The molecule has 0 saturated carbocycles. The molecule has 0 aliphatic heterocycles. The van der Waals surface area contributed by atoms with Crippen molar-refractivity contribution in [3.63, 3.8) is 0 Å². The van der Waals surface area contributed by atoms with Crippen molar-refractivity contribution < 1.29 is 9.53 Å². The third-order valence-corrected chi connectivity index (χ3v) is 2.33. The van der Waals surface area contributed by atoms with E-state index in [1.165, 1.54) is 7.11 Å². The molecule has 0 radical (unpaired) electrons. The van der Waals surface area contributed by atoms with Crippen LogP contribution in [0.15, 0.2) is 36.4 Å². The number of hydrogen-bond donors (Lipinski definition) is 1. The van der Waals surface area contributed by atoms with Gasteiger partial charge in [0.05, 0.1) is 12.7 Å². The van der Waals surface area contributed by atoms with E-state index in [-0.39, 0.29) is 12.0 Å². The molecule has 0 aromatic heterocycles. The van der Waals surface area contributed by atoms with E-state index in [1.54, 1.807) is 12.1 Å². The molecular weight excluding hydrogens is 202 g/mol. The monoisotopic (exact) mass is 219 g/mol. The van der Waals surface area contributed by atoms with Gasteiger partial charge in [-0.2, -0.15) is 0 Å². The maximum atomic E-state index is 11.5. The van der Waals surface area contributed by atoms with Gasteiger partial charge in [0.2, 0.25) is 0 Å². The summed E-state index contributed by atoms with van der Waals surface area (Å²) in [4.78, 5) is 11.5. The third kappa shape index (κ3) is 2.94. The Bertz CT molecular complexity index is 399. The molecule has 16 heavy (non-hydrogen) atoms. The fourth-order valence-corrected chi connectivity index (χ4v) is 1.60. The first-order chi connectivity index (χ1) is 7.56. The standard InChI is InChI=1S/C13H17NO2/c1-9(2)8-12(14)10-6-4-5-7-11(10)13(15)16-3/h4-7,12H,1,8,14H2,2-3H3/t12-/m1/s1. The Morgan fingerprint density at radius 3 is 2.69 bits per heavy atom. The second-order valence-corrected chi connectivity index (χ2v) is 3.85. The first-order valence-corrected chi connectivity index (χ1v) is 5.13. The molecule has 1 aromatic carbocycles. The molecule has 0 aliphatic rings. The van der Waals surface area contributed by atoms with Crippen LogP contribution in [0.2, 0.25) is 0 Å². The minimum absolute atomic E-state index is 0.215. The zero-order valence-corrected chi connectivity index (χ0v) is 9.69. The molecule has 3 heteroatoms. The summed E-state index contributed by atoms with van der Waals surface area (Å²) < 4.78 is 4.72. The zero-order valence-electron chi connectivity index (χ0n) is 9.69. The summed E-state index contributed by atoms with van der Waals surface area (Å²) in [5.41, 5.74) is 8.34. The summed E-state index contributed by atoms with van der Waals surface area (Å²) in [5, 5.41) is 0. The Kier molecular flexibility index (Phi) is 4.26. The highest BCUT2D eigenvalue weighted by Crippen LogP contribution is 2.21. The molecule has 0 amide bonds. The van der Waals surface area contributed by atoms with E-state index in [9.17, 15) is 4.79 Å². The van der Waals surface area contributed by atoms with Crippen LogP contribution in [0.4, 0.5) is 0 Å². The van der Waals surface area contributed by atoms with Crippen LogP contribution in [0.25, 0.3) is 0 Å². The summed E-state index contributed by atoms with van der Waals surface area (Å²) in [6.07, 6.45) is 0.661. The third-order valence-electron chi connectivity index (χ3n) is 2.33. The highest BCUT2D eigenvalue weighted by Gasteiger charge is 2.16. The molecule has 2 N–H and O–H groups in total. The van der Waals surface area contributed by atoms with Gasteiger partial charge in [-0.15, -0.1) is 6.58 Å². The number of carbonyl (C=O) groups is 1. The van der Waals surface area contributed by atoms with Crippen molar-refractivity contribution in [3.05, 3.63) is 47.5 Å². The van der Waals surface area contributed by atoms with Crippen molar-refractivity contribution >= 4 is 5.97 Å². The lowest BCUT2D eigenvalue weighted by atomic mass is 9.96.